The number of hydrogen-bond acceptors (Lipinski definition) is 3. The Morgan fingerprint density at radius 2 is 2.25 bits per heavy atom. The van der Waals surface area contributed by atoms with Crippen LogP contribution in [0, 0.1) is 9.49 Å². The molecule has 2 heterocycles. The molecular formula is C12H17IO2S. The van der Waals surface area contributed by atoms with Crippen LogP contribution < -0.4 is 0 Å². The fraction of sp³-hybridized carbons (Fsp3) is 0.667. The van der Waals surface area contributed by atoms with Gasteiger partial charge in [-0.15, -0.1) is 11.3 Å². The van der Waals surface area contributed by atoms with Crippen LogP contribution in [0.5, 0.6) is 0 Å². The number of hydrogen-bond donors (Lipinski definition) is 1. The van der Waals surface area contributed by atoms with Gasteiger partial charge in [0.25, 0.3) is 0 Å². The summed E-state index contributed by atoms with van der Waals surface area (Å²) in [5.41, 5.74) is 0. The second kappa shape index (κ2) is 6.33. The number of thiophene rings is 1. The lowest BCUT2D eigenvalue weighted by Gasteiger charge is -2.22. The van der Waals surface area contributed by atoms with Gasteiger partial charge in [-0.3, -0.25) is 0 Å². The van der Waals surface area contributed by atoms with Crippen LogP contribution in [0.25, 0.3) is 0 Å². The number of rotatable bonds is 4. The summed E-state index contributed by atoms with van der Waals surface area (Å²) in [7, 11) is 0. The summed E-state index contributed by atoms with van der Waals surface area (Å²) < 4.78 is 6.53. The van der Waals surface area contributed by atoms with E-state index in [9.17, 15) is 5.11 Å². The van der Waals surface area contributed by atoms with E-state index in [2.05, 4.69) is 34.0 Å². The number of aliphatic hydroxyl groups excluding tert-OH is 1. The van der Waals surface area contributed by atoms with E-state index in [0.717, 1.165) is 49.7 Å². The summed E-state index contributed by atoms with van der Waals surface area (Å²) in [6, 6.07) is 2.07. The molecule has 0 aliphatic carbocycles. The highest BCUT2D eigenvalue weighted by Gasteiger charge is 2.18. The van der Waals surface area contributed by atoms with Crippen molar-refractivity contribution in [2.24, 2.45) is 5.92 Å². The predicted molar refractivity (Wildman–Crippen MR) is 74.8 cm³/mol. The molecule has 16 heavy (non-hydrogen) atoms. The first-order valence-corrected chi connectivity index (χ1v) is 7.72. The lowest BCUT2D eigenvalue weighted by molar-refractivity contribution is 0.0571. The minimum Gasteiger partial charge on any atom is -0.388 e. The zero-order valence-corrected chi connectivity index (χ0v) is 12.2. The molecule has 1 N–H and O–H groups in total. The van der Waals surface area contributed by atoms with Crippen LogP contribution in [0.3, 0.4) is 0 Å². The van der Waals surface area contributed by atoms with Crippen LogP contribution >= 0.6 is 33.9 Å². The molecule has 1 unspecified atom stereocenters. The molecule has 4 heteroatoms. The molecule has 0 spiro atoms. The molecule has 1 fully saturated rings. The van der Waals surface area contributed by atoms with Gasteiger partial charge in [-0.2, -0.15) is 0 Å². The largest absolute Gasteiger partial charge is 0.388 e. The van der Waals surface area contributed by atoms with Gasteiger partial charge in [0.1, 0.15) is 0 Å². The average molecular weight is 352 g/mol. The lowest BCUT2D eigenvalue weighted by atomic mass is 9.93. The maximum Gasteiger partial charge on any atom is 0.0892 e. The second-order valence-electron chi connectivity index (χ2n) is 4.28. The Bertz CT molecular complexity index is 321. The predicted octanol–water partition coefficient (Wildman–Crippen LogP) is 3.59. The lowest BCUT2D eigenvalue weighted by Crippen LogP contribution is -2.16. The summed E-state index contributed by atoms with van der Waals surface area (Å²) in [5, 5.41) is 12.1. The number of ether oxygens (including phenoxy) is 1. The van der Waals surface area contributed by atoms with Crippen LogP contribution in [-0.2, 0) is 4.74 Å². The molecular weight excluding hydrogens is 335 g/mol. The Morgan fingerprint density at radius 3 is 2.88 bits per heavy atom. The van der Waals surface area contributed by atoms with Gasteiger partial charge in [-0.25, -0.2) is 0 Å². The van der Waals surface area contributed by atoms with Crippen molar-refractivity contribution in [2.75, 3.05) is 13.2 Å². The van der Waals surface area contributed by atoms with Gasteiger partial charge in [0.15, 0.2) is 0 Å². The van der Waals surface area contributed by atoms with E-state index >= 15 is 0 Å². The summed E-state index contributed by atoms with van der Waals surface area (Å²) in [6.07, 6.45) is 4.07. The Morgan fingerprint density at radius 1 is 1.50 bits per heavy atom. The highest BCUT2D eigenvalue weighted by molar-refractivity contribution is 14.1. The third-order valence-electron chi connectivity index (χ3n) is 3.14. The maximum absolute atomic E-state index is 10.1. The fourth-order valence-electron chi connectivity index (χ4n) is 2.10. The number of aliphatic hydroxyl groups is 1. The van der Waals surface area contributed by atoms with Crippen LogP contribution in [0.4, 0.5) is 0 Å². The first-order chi connectivity index (χ1) is 7.77. The van der Waals surface area contributed by atoms with E-state index < -0.39 is 0 Å². The van der Waals surface area contributed by atoms with Gasteiger partial charge in [-0.05, 0) is 65.6 Å². The van der Waals surface area contributed by atoms with Crippen molar-refractivity contribution < 1.29 is 9.84 Å². The Hall–Kier alpha value is 0.350. The van der Waals surface area contributed by atoms with E-state index in [4.69, 9.17) is 4.74 Å². The quantitative estimate of drug-likeness (QED) is 0.840. The van der Waals surface area contributed by atoms with Crippen LogP contribution in [0.1, 0.15) is 36.7 Å². The average Bonchev–Trinajstić information content (AvgIpc) is 2.74. The van der Waals surface area contributed by atoms with E-state index in [0.29, 0.717) is 0 Å². The molecule has 1 atom stereocenters. The van der Waals surface area contributed by atoms with Gasteiger partial charge in [0.2, 0.25) is 0 Å². The Kier molecular flexibility index (Phi) is 5.06. The van der Waals surface area contributed by atoms with Crippen LogP contribution in [0.2, 0.25) is 0 Å². The third kappa shape index (κ3) is 3.42. The molecule has 1 aromatic rings. The van der Waals surface area contributed by atoms with Crippen molar-refractivity contribution in [3.63, 3.8) is 0 Å². The zero-order chi connectivity index (χ0) is 11.4. The molecule has 2 nitrogen and oxygen atoms in total. The highest BCUT2D eigenvalue weighted by Crippen LogP contribution is 2.31. The zero-order valence-electron chi connectivity index (χ0n) is 9.19. The normalized spacial score (nSPS) is 19.9. The van der Waals surface area contributed by atoms with Crippen molar-refractivity contribution in [3.05, 3.63) is 19.9 Å². The summed E-state index contributed by atoms with van der Waals surface area (Å²) in [6.45, 7) is 1.80. The van der Waals surface area contributed by atoms with Gasteiger partial charge in [0.05, 0.1) is 6.10 Å². The van der Waals surface area contributed by atoms with Gasteiger partial charge < -0.3 is 9.84 Å². The van der Waals surface area contributed by atoms with Crippen LogP contribution in [-0.4, -0.2) is 18.3 Å². The van der Waals surface area contributed by atoms with Crippen LogP contribution in [0.15, 0.2) is 11.4 Å². The molecule has 1 saturated heterocycles. The molecule has 1 aliphatic rings. The van der Waals surface area contributed by atoms with Crippen molar-refractivity contribution in [3.8, 4) is 0 Å². The summed E-state index contributed by atoms with van der Waals surface area (Å²) >= 11 is 3.96. The van der Waals surface area contributed by atoms with Gasteiger partial charge >= 0.3 is 0 Å². The summed E-state index contributed by atoms with van der Waals surface area (Å²) in [5.74, 6) is 0.751. The fourth-order valence-corrected chi connectivity index (χ4v) is 4.07. The molecule has 0 amide bonds. The molecule has 1 aromatic heterocycles. The van der Waals surface area contributed by atoms with Crippen molar-refractivity contribution >= 4 is 33.9 Å². The molecule has 90 valence electrons. The Balaban J connectivity index is 1.79. The molecule has 2 rings (SSSR count). The third-order valence-corrected chi connectivity index (χ3v) is 5.46. The summed E-state index contributed by atoms with van der Waals surface area (Å²) in [4.78, 5) is 1.13. The molecule has 0 bridgehead atoms. The molecule has 0 aromatic carbocycles. The smallest absolute Gasteiger partial charge is 0.0892 e. The topological polar surface area (TPSA) is 29.5 Å². The van der Waals surface area contributed by atoms with Crippen molar-refractivity contribution in [1.82, 2.24) is 0 Å². The SMILES string of the molecule is OC(CCC1CCOCC1)c1sccc1I. The minimum absolute atomic E-state index is 0.269. The van der Waals surface area contributed by atoms with E-state index in [-0.39, 0.29) is 6.10 Å². The standard InChI is InChI=1S/C12H17IO2S/c13-10-5-8-16-12(10)11(14)2-1-9-3-6-15-7-4-9/h5,8-9,11,14H,1-4,6-7H2. The monoisotopic (exact) mass is 352 g/mol. The van der Waals surface area contributed by atoms with Gasteiger partial charge in [-0.1, -0.05) is 0 Å². The maximum atomic E-state index is 10.1. The van der Waals surface area contributed by atoms with E-state index in [1.165, 1.54) is 3.57 Å². The van der Waals surface area contributed by atoms with Gasteiger partial charge in [0, 0.05) is 21.7 Å². The molecule has 0 saturated carbocycles. The minimum atomic E-state index is -0.269. The molecule has 0 radical (unpaired) electrons. The second-order valence-corrected chi connectivity index (χ2v) is 6.39. The van der Waals surface area contributed by atoms with Crippen molar-refractivity contribution in [1.29, 1.82) is 0 Å². The van der Waals surface area contributed by atoms with E-state index in [1.807, 2.05) is 0 Å². The van der Waals surface area contributed by atoms with Crippen molar-refractivity contribution in [2.45, 2.75) is 31.8 Å². The Labute approximate surface area is 114 Å². The molecule has 1 aliphatic heterocycles. The van der Waals surface area contributed by atoms with E-state index in [1.54, 1.807) is 11.3 Å². The highest BCUT2D eigenvalue weighted by atomic mass is 127. The first kappa shape index (κ1) is 12.8. The first-order valence-electron chi connectivity index (χ1n) is 5.76. The number of halogens is 1.